The molecule has 0 fully saturated rings. The second-order valence-corrected chi connectivity index (χ2v) is 5.90. The molecule has 28 heavy (non-hydrogen) atoms. The molecule has 7 nitrogen and oxygen atoms in total. The van der Waals surface area contributed by atoms with Crippen LogP contribution in [0.2, 0.25) is 0 Å². The zero-order valence-corrected chi connectivity index (χ0v) is 15.7. The zero-order chi connectivity index (χ0) is 20.3. The van der Waals surface area contributed by atoms with Gasteiger partial charge in [-0.25, -0.2) is 9.59 Å². The van der Waals surface area contributed by atoms with Crippen molar-refractivity contribution in [1.29, 1.82) is 0 Å². The minimum Gasteiger partial charge on any atom is -0.512 e. The quantitative estimate of drug-likeness (QED) is 0.408. The number of ether oxygens (including phenoxy) is 2. The number of nitrogens with zero attached hydrogens (tertiary/aromatic N) is 1. The van der Waals surface area contributed by atoms with Crippen molar-refractivity contribution >= 4 is 22.3 Å². The molecule has 1 aromatic carbocycles. The molecule has 2 heterocycles. The molecule has 0 bridgehead atoms. The van der Waals surface area contributed by atoms with Crippen LogP contribution in [0, 0.1) is 0 Å². The minimum atomic E-state index is -0.731. The highest BCUT2D eigenvalue weighted by atomic mass is 16.5. The predicted octanol–water partition coefficient (Wildman–Crippen LogP) is 3.72. The number of aliphatic hydroxyl groups excluding tert-OH is 1. The lowest BCUT2D eigenvalue weighted by molar-refractivity contribution is -0.136. The van der Waals surface area contributed by atoms with Crippen LogP contribution in [0.5, 0.6) is 5.75 Å². The van der Waals surface area contributed by atoms with Gasteiger partial charge in [-0.1, -0.05) is 6.07 Å². The fourth-order valence-corrected chi connectivity index (χ4v) is 2.92. The summed E-state index contributed by atoms with van der Waals surface area (Å²) in [6, 6.07) is 9.89. The first kappa shape index (κ1) is 19.2. The smallest absolute Gasteiger partial charge is 0.344 e. The molecule has 0 saturated heterocycles. The average molecular weight is 381 g/mol. The van der Waals surface area contributed by atoms with Gasteiger partial charge >= 0.3 is 11.6 Å². The van der Waals surface area contributed by atoms with Gasteiger partial charge in [-0.3, -0.25) is 4.98 Å². The molecule has 0 aliphatic carbocycles. The van der Waals surface area contributed by atoms with Crippen molar-refractivity contribution in [3.63, 3.8) is 0 Å². The monoisotopic (exact) mass is 381 g/mol. The number of aromatic nitrogens is 1. The van der Waals surface area contributed by atoms with Crippen LogP contribution in [0.25, 0.3) is 27.8 Å². The Hall–Kier alpha value is -3.61. The van der Waals surface area contributed by atoms with E-state index < -0.39 is 11.6 Å². The van der Waals surface area contributed by atoms with Gasteiger partial charge in [-0.2, -0.15) is 0 Å². The van der Waals surface area contributed by atoms with Crippen LogP contribution in [0.3, 0.4) is 0 Å². The molecule has 0 aliphatic rings. The van der Waals surface area contributed by atoms with Crippen LogP contribution in [-0.2, 0) is 9.53 Å². The highest BCUT2D eigenvalue weighted by Crippen LogP contribution is 2.35. The van der Waals surface area contributed by atoms with E-state index in [0.717, 1.165) is 0 Å². The van der Waals surface area contributed by atoms with Crippen molar-refractivity contribution in [3.8, 4) is 17.2 Å². The van der Waals surface area contributed by atoms with Gasteiger partial charge in [-0.15, -0.1) is 0 Å². The van der Waals surface area contributed by atoms with Gasteiger partial charge in [0.25, 0.3) is 0 Å². The van der Waals surface area contributed by atoms with Crippen molar-refractivity contribution in [2.75, 3.05) is 13.7 Å². The number of rotatable bonds is 5. The first-order chi connectivity index (χ1) is 13.5. The maximum absolute atomic E-state index is 12.6. The SMILES string of the molecule is CCOC(=O)/C(=C(\C)O)c1c(-c2ccccn2)oc(=O)c2cc(OC)ccc12. The summed E-state index contributed by atoms with van der Waals surface area (Å²) in [7, 11) is 1.48. The molecule has 0 atom stereocenters. The van der Waals surface area contributed by atoms with Gasteiger partial charge < -0.3 is 19.0 Å². The molecule has 1 N–H and O–H groups in total. The fraction of sp³-hybridized carbons (Fsp3) is 0.190. The third-order valence-electron chi connectivity index (χ3n) is 4.13. The van der Waals surface area contributed by atoms with Crippen LogP contribution >= 0.6 is 0 Å². The normalized spacial score (nSPS) is 11.8. The Bertz CT molecular complexity index is 1110. The molecule has 0 aliphatic heterocycles. The van der Waals surface area contributed by atoms with E-state index in [1.54, 1.807) is 37.3 Å². The summed E-state index contributed by atoms with van der Waals surface area (Å²) < 4.78 is 15.8. The summed E-state index contributed by atoms with van der Waals surface area (Å²) in [6.07, 6.45) is 1.54. The fourth-order valence-electron chi connectivity index (χ4n) is 2.92. The van der Waals surface area contributed by atoms with E-state index in [2.05, 4.69) is 4.98 Å². The Morgan fingerprint density at radius 1 is 1.21 bits per heavy atom. The predicted molar refractivity (Wildman–Crippen MR) is 104 cm³/mol. The standard InChI is InChI=1S/C21H19NO6/c1-4-27-21(25)17(12(2)23)18-14-9-8-13(26-3)11-15(14)20(24)28-19(18)16-7-5-6-10-22-16/h5-11,23H,4H2,1-3H3/b17-12+. The van der Waals surface area contributed by atoms with Gasteiger partial charge in [0.15, 0.2) is 5.76 Å². The third kappa shape index (κ3) is 3.46. The second-order valence-electron chi connectivity index (χ2n) is 5.90. The number of fused-ring (bicyclic) bond motifs is 1. The molecule has 144 valence electrons. The topological polar surface area (TPSA) is 98.9 Å². The molecule has 7 heteroatoms. The van der Waals surface area contributed by atoms with Crippen molar-refractivity contribution in [2.24, 2.45) is 0 Å². The number of hydrogen-bond acceptors (Lipinski definition) is 7. The Labute approximate surface area is 160 Å². The van der Waals surface area contributed by atoms with Crippen molar-refractivity contribution in [1.82, 2.24) is 4.98 Å². The number of methoxy groups -OCH3 is 1. The van der Waals surface area contributed by atoms with E-state index in [1.165, 1.54) is 26.3 Å². The van der Waals surface area contributed by atoms with Crippen LogP contribution in [0.15, 0.2) is 57.6 Å². The summed E-state index contributed by atoms with van der Waals surface area (Å²) in [5.74, 6) is -0.467. The molecule has 2 aromatic heterocycles. The molecule has 3 aromatic rings. The number of carbonyl (C=O) groups is 1. The first-order valence-electron chi connectivity index (χ1n) is 8.61. The number of aliphatic hydroxyl groups is 1. The number of carbonyl (C=O) groups excluding carboxylic acids is 1. The lowest BCUT2D eigenvalue weighted by atomic mass is 9.95. The van der Waals surface area contributed by atoms with Crippen molar-refractivity contribution in [2.45, 2.75) is 13.8 Å². The maximum Gasteiger partial charge on any atom is 0.344 e. The van der Waals surface area contributed by atoms with E-state index in [0.29, 0.717) is 16.8 Å². The van der Waals surface area contributed by atoms with E-state index in [9.17, 15) is 14.7 Å². The molecule has 0 radical (unpaired) electrons. The Kier molecular flexibility index (Phi) is 5.44. The van der Waals surface area contributed by atoms with Gasteiger partial charge in [-0.05, 0) is 44.2 Å². The Morgan fingerprint density at radius 3 is 2.61 bits per heavy atom. The Morgan fingerprint density at radius 2 is 2.00 bits per heavy atom. The number of benzene rings is 1. The van der Waals surface area contributed by atoms with E-state index >= 15 is 0 Å². The number of pyridine rings is 1. The summed E-state index contributed by atoms with van der Waals surface area (Å²) in [4.78, 5) is 29.5. The van der Waals surface area contributed by atoms with Crippen LogP contribution in [0.1, 0.15) is 19.4 Å². The maximum atomic E-state index is 12.6. The number of esters is 1. The summed E-state index contributed by atoms with van der Waals surface area (Å²) >= 11 is 0. The van der Waals surface area contributed by atoms with Crippen molar-refractivity contribution in [3.05, 3.63) is 64.3 Å². The van der Waals surface area contributed by atoms with Gasteiger partial charge in [0.2, 0.25) is 0 Å². The minimum absolute atomic E-state index is 0.0692. The van der Waals surface area contributed by atoms with Gasteiger partial charge in [0.1, 0.15) is 22.8 Å². The van der Waals surface area contributed by atoms with E-state index in [-0.39, 0.29) is 34.6 Å². The van der Waals surface area contributed by atoms with E-state index in [4.69, 9.17) is 13.9 Å². The lowest BCUT2D eigenvalue weighted by Crippen LogP contribution is -2.13. The number of hydrogen-bond donors (Lipinski definition) is 1. The largest absolute Gasteiger partial charge is 0.512 e. The van der Waals surface area contributed by atoms with Crippen LogP contribution in [0.4, 0.5) is 0 Å². The van der Waals surface area contributed by atoms with Crippen LogP contribution < -0.4 is 10.4 Å². The molecular formula is C21H19NO6. The van der Waals surface area contributed by atoms with Crippen molar-refractivity contribution < 1.29 is 23.8 Å². The molecule has 0 spiro atoms. The van der Waals surface area contributed by atoms with Crippen LogP contribution in [-0.4, -0.2) is 29.8 Å². The zero-order valence-electron chi connectivity index (χ0n) is 15.7. The first-order valence-corrected chi connectivity index (χ1v) is 8.61. The van der Waals surface area contributed by atoms with E-state index in [1.807, 2.05) is 0 Å². The average Bonchev–Trinajstić information content (AvgIpc) is 2.70. The lowest BCUT2D eigenvalue weighted by Gasteiger charge is -2.15. The highest BCUT2D eigenvalue weighted by Gasteiger charge is 2.27. The third-order valence-corrected chi connectivity index (χ3v) is 4.13. The second kappa shape index (κ2) is 7.96. The summed E-state index contributed by atoms with van der Waals surface area (Å²) in [5, 5.41) is 10.9. The van der Waals surface area contributed by atoms with Gasteiger partial charge in [0.05, 0.1) is 19.1 Å². The molecule has 0 amide bonds. The summed E-state index contributed by atoms with van der Waals surface area (Å²) in [6.45, 7) is 3.15. The number of allylic oxidation sites excluding steroid dienone is 1. The van der Waals surface area contributed by atoms with Gasteiger partial charge in [0, 0.05) is 17.1 Å². The molecule has 3 rings (SSSR count). The summed E-state index contributed by atoms with van der Waals surface area (Å²) in [5.41, 5.74) is -0.136. The molecule has 0 unspecified atom stereocenters. The molecular weight excluding hydrogens is 362 g/mol. The highest BCUT2D eigenvalue weighted by molar-refractivity contribution is 6.22. The molecule has 0 saturated carbocycles. The Balaban J connectivity index is 2.46.